The molecule has 10 heteroatoms. The Morgan fingerprint density at radius 3 is 2.40 bits per heavy atom. The van der Waals surface area contributed by atoms with E-state index in [1.165, 1.54) is 17.7 Å². The van der Waals surface area contributed by atoms with Crippen molar-refractivity contribution in [2.45, 2.75) is 38.0 Å². The van der Waals surface area contributed by atoms with Crippen LogP contribution in [0.2, 0.25) is 0 Å². The third-order valence-electron chi connectivity index (χ3n) is 8.94. The number of alkyl halides is 3. The molecule has 2 aromatic rings. The first kappa shape index (κ1) is 30.8. The molecule has 0 radical (unpaired) electrons. The minimum Gasteiger partial charge on any atom is -0.379 e. The number of benzene rings is 2. The van der Waals surface area contributed by atoms with E-state index < -0.39 is 11.7 Å². The molecule has 3 aliphatic heterocycles. The van der Waals surface area contributed by atoms with Crippen LogP contribution in [0.3, 0.4) is 0 Å². The predicted octanol–water partition coefficient (Wildman–Crippen LogP) is 3.95. The number of hydrogen-bond acceptors (Lipinski definition) is 6. The van der Waals surface area contributed by atoms with Crippen LogP contribution >= 0.6 is 0 Å². The normalized spacial score (nSPS) is 23.2. The highest BCUT2D eigenvalue weighted by atomic mass is 19.4. The summed E-state index contributed by atoms with van der Waals surface area (Å²) in [6.45, 7) is 10.7. The Bertz CT molecular complexity index is 1120. The largest absolute Gasteiger partial charge is 0.416 e. The van der Waals surface area contributed by atoms with Gasteiger partial charge in [0.05, 0.1) is 18.8 Å². The minimum absolute atomic E-state index is 0.108. The number of nitrogens with zero attached hydrogens (tertiary/aromatic N) is 4. The first-order chi connectivity index (χ1) is 20.3. The van der Waals surface area contributed by atoms with Crippen LogP contribution in [-0.2, 0) is 22.3 Å². The highest BCUT2D eigenvalue weighted by Gasteiger charge is 2.35. The first-order valence-electron chi connectivity index (χ1n) is 15.3. The minimum atomic E-state index is -4.34. The number of likely N-dealkylation sites (tertiary alicyclic amines) is 1. The molecule has 0 unspecified atom stereocenters. The van der Waals surface area contributed by atoms with Gasteiger partial charge in [-0.15, -0.1) is 0 Å². The molecular formula is C32H44F3N5O2. The van der Waals surface area contributed by atoms with Gasteiger partial charge >= 0.3 is 6.18 Å². The fraction of sp³-hybridized carbons (Fsp3) is 0.594. The molecule has 5 rings (SSSR count). The second-order valence-electron chi connectivity index (χ2n) is 11.8. The Morgan fingerprint density at radius 2 is 1.67 bits per heavy atom. The maximum absolute atomic E-state index is 13.3. The van der Waals surface area contributed by atoms with E-state index >= 15 is 0 Å². The number of halogens is 3. The number of anilines is 1. The molecular weight excluding hydrogens is 543 g/mol. The molecule has 230 valence electrons. The molecule has 0 bridgehead atoms. The standard InChI is InChI=1S/C32H44F3N5O2/c33-32(34,35)28-7-4-8-29(23-28)39-15-17-40(18-16-39)30-11-13-38(24-26-5-2-1-3-6-26)25-27(30)9-10-31(41)36-12-14-37-19-21-42-22-20-37/h1-8,23,27,30H,9-22,24-25H2,(H,36,41)/t27-,30+/m1/s1. The van der Waals surface area contributed by atoms with E-state index in [4.69, 9.17) is 4.74 Å². The van der Waals surface area contributed by atoms with Crippen molar-refractivity contribution in [2.24, 2.45) is 5.92 Å². The number of carbonyl (C=O) groups excluding carboxylic acids is 1. The van der Waals surface area contributed by atoms with Crippen molar-refractivity contribution >= 4 is 11.6 Å². The van der Waals surface area contributed by atoms with Gasteiger partial charge in [-0.3, -0.25) is 19.5 Å². The molecule has 0 spiro atoms. The third kappa shape index (κ3) is 8.69. The van der Waals surface area contributed by atoms with E-state index in [0.717, 1.165) is 84.5 Å². The molecule has 0 aliphatic carbocycles. The summed E-state index contributed by atoms with van der Waals surface area (Å²) >= 11 is 0. The maximum atomic E-state index is 13.3. The molecule has 1 N–H and O–H groups in total. The number of amides is 1. The van der Waals surface area contributed by atoms with Gasteiger partial charge in [-0.05, 0) is 49.1 Å². The molecule has 0 aromatic heterocycles. The number of nitrogens with one attached hydrogen (secondary N) is 1. The van der Waals surface area contributed by atoms with Gasteiger partial charge in [-0.1, -0.05) is 36.4 Å². The van der Waals surface area contributed by atoms with E-state index in [1.807, 2.05) is 6.07 Å². The number of morpholine rings is 1. The lowest BCUT2D eigenvalue weighted by atomic mass is 9.86. The summed E-state index contributed by atoms with van der Waals surface area (Å²) in [5.41, 5.74) is 1.33. The highest BCUT2D eigenvalue weighted by molar-refractivity contribution is 5.75. The number of ether oxygens (including phenoxy) is 1. The van der Waals surface area contributed by atoms with Crippen molar-refractivity contribution in [3.63, 3.8) is 0 Å². The molecule has 0 saturated carbocycles. The van der Waals surface area contributed by atoms with Crippen LogP contribution in [-0.4, -0.2) is 105 Å². The molecule has 1 amide bonds. The second kappa shape index (κ2) is 14.7. The van der Waals surface area contributed by atoms with E-state index in [9.17, 15) is 18.0 Å². The lowest BCUT2D eigenvalue weighted by Gasteiger charge is -2.47. The molecule has 3 aliphatic rings. The average molecular weight is 588 g/mol. The van der Waals surface area contributed by atoms with E-state index in [0.29, 0.717) is 43.7 Å². The molecule has 3 heterocycles. The number of rotatable bonds is 10. The van der Waals surface area contributed by atoms with Crippen LogP contribution < -0.4 is 10.2 Å². The van der Waals surface area contributed by atoms with Gasteiger partial charge in [0.2, 0.25) is 5.91 Å². The van der Waals surface area contributed by atoms with E-state index in [1.54, 1.807) is 6.07 Å². The van der Waals surface area contributed by atoms with Crippen molar-refractivity contribution in [3.8, 4) is 0 Å². The van der Waals surface area contributed by atoms with Gasteiger partial charge < -0.3 is 15.0 Å². The van der Waals surface area contributed by atoms with Gasteiger partial charge in [-0.2, -0.15) is 13.2 Å². The van der Waals surface area contributed by atoms with Gasteiger partial charge in [0.25, 0.3) is 0 Å². The van der Waals surface area contributed by atoms with Crippen molar-refractivity contribution in [3.05, 3.63) is 65.7 Å². The zero-order chi connectivity index (χ0) is 29.4. The summed E-state index contributed by atoms with van der Waals surface area (Å²) in [4.78, 5) is 22.2. The van der Waals surface area contributed by atoms with Crippen molar-refractivity contribution in [2.75, 3.05) is 83.6 Å². The van der Waals surface area contributed by atoms with Crippen molar-refractivity contribution < 1.29 is 22.7 Å². The number of piperazine rings is 1. The number of hydrogen-bond donors (Lipinski definition) is 1. The smallest absolute Gasteiger partial charge is 0.379 e. The lowest BCUT2D eigenvalue weighted by Crippen LogP contribution is -2.56. The van der Waals surface area contributed by atoms with Crippen molar-refractivity contribution in [1.29, 1.82) is 0 Å². The molecule has 2 atom stereocenters. The van der Waals surface area contributed by atoms with Crippen LogP contribution in [0.1, 0.15) is 30.4 Å². The quantitative estimate of drug-likeness (QED) is 0.455. The number of piperidine rings is 1. The van der Waals surface area contributed by atoms with Crippen LogP contribution in [0.4, 0.5) is 18.9 Å². The monoisotopic (exact) mass is 587 g/mol. The molecule has 2 aromatic carbocycles. The van der Waals surface area contributed by atoms with Crippen LogP contribution in [0, 0.1) is 5.92 Å². The second-order valence-corrected chi connectivity index (χ2v) is 11.8. The summed E-state index contributed by atoms with van der Waals surface area (Å²) in [5, 5.41) is 3.12. The average Bonchev–Trinajstić information content (AvgIpc) is 3.01. The molecule has 42 heavy (non-hydrogen) atoms. The van der Waals surface area contributed by atoms with Gasteiger partial charge in [0.15, 0.2) is 0 Å². The Morgan fingerprint density at radius 1 is 0.905 bits per heavy atom. The number of carbonyl (C=O) groups is 1. The maximum Gasteiger partial charge on any atom is 0.416 e. The van der Waals surface area contributed by atoms with Gasteiger partial charge in [0, 0.05) is 83.6 Å². The summed E-state index contributed by atoms with van der Waals surface area (Å²) in [7, 11) is 0. The summed E-state index contributed by atoms with van der Waals surface area (Å²) < 4.78 is 45.2. The third-order valence-corrected chi connectivity index (χ3v) is 8.94. The summed E-state index contributed by atoms with van der Waals surface area (Å²) in [5.74, 6) is 0.462. The Kier molecular flexibility index (Phi) is 10.8. The Balaban J connectivity index is 1.16. The fourth-order valence-electron chi connectivity index (χ4n) is 6.62. The van der Waals surface area contributed by atoms with Gasteiger partial charge in [-0.25, -0.2) is 0 Å². The molecule has 3 saturated heterocycles. The fourth-order valence-corrected chi connectivity index (χ4v) is 6.62. The predicted molar refractivity (Wildman–Crippen MR) is 158 cm³/mol. The van der Waals surface area contributed by atoms with Crippen LogP contribution in [0.5, 0.6) is 0 Å². The van der Waals surface area contributed by atoms with Crippen LogP contribution in [0.15, 0.2) is 54.6 Å². The molecule has 3 fully saturated rings. The zero-order valence-corrected chi connectivity index (χ0v) is 24.4. The first-order valence-corrected chi connectivity index (χ1v) is 15.3. The topological polar surface area (TPSA) is 51.3 Å². The SMILES string of the molecule is O=C(CC[C@@H]1CN(Cc2ccccc2)CC[C@@H]1N1CCN(c2cccc(C(F)(F)F)c2)CC1)NCCN1CCOCC1. The molecule has 7 nitrogen and oxygen atoms in total. The highest BCUT2D eigenvalue weighted by Crippen LogP contribution is 2.33. The van der Waals surface area contributed by atoms with Crippen LogP contribution in [0.25, 0.3) is 0 Å². The Labute approximate surface area is 247 Å². The van der Waals surface area contributed by atoms with E-state index in [-0.39, 0.29) is 5.91 Å². The summed E-state index contributed by atoms with van der Waals surface area (Å²) in [6.07, 6.45) is -1.98. The summed E-state index contributed by atoms with van der Waals surface area (Å²) in [6, 6.07) is 16.5. The zero-order valence-electron chi connectivity index (χ0n) is 24.4. The van der Waals surface area contributed by atoms with Crippen molar-refractivity contribution in [1.82, 2.24) is 20.0 Å². The Hall–Kier alpha value is -2.66. The lowest BCUT2D eigenvalue weighted by molar-refractivity contribution is -0.137. The van der Waals surface area contributed by atoms with E-state index in [2.05, 4.69) is 49.2 Å². The van der Waals surface area contributed by atoms with Gasteiger partial charge in [0.1, 0.15) is 0 Å².